The van der Waals surface area contributed by atoms with Crippen molar-refractivity contribution in [1.29, 1.82) is 0 Å². The van der Waals surface area contributed by atoms with E-state index in [-0.39, 0.29) is 17.9 Å². The highest BCUT2D eigenvalue weighted by atomic mass is 16.3. The molecule has 0 heterocycles. The third-order valence-corrected chi connectivity index (χ3v) is 3.98. The van der Waals surface area contributed by atoms with E-state index in [2.05, 4.69) is 26.1 Å². The van der Waals surface area contributed by atoms with Gasteiger partial charge in [0.25, 0.3) is 0 Å². The number of carbonyl (C=O) groups is 1. The lowest BCUT2D eigenvalue weighted by Crippen LogP contribution is -2.37. The number of benzene rings is 2. The molecule has 25 heavy (non-hydrogen) atoms. The zero-order valence-corrected chi connectivity index (χ0v) is 15.5. The zero-order chi connectivity index (χ0) is 18.4. The molecule has 2 N–H and O–H groups in total. The van der Waals surface area contributed by atoms with Gasteiger partial charge in [0.05, 0.1) is 12.6 Å². The lowest BCUT2D eigenvalue weighted by molar-refractivity contribution is -0.115. The van der Waals surface area contributed by atoms with Crippen LogP contribution in [0.4, 0.5) is 11.4 Å². The maximum atomic E-state index is 12.4. The van der Waals surface area contributed by atoms with Gasteiger partial charge in [-0.15, -0.1) is 0 Å². The van der Waals surface area contributed by atoms with E-state index in [1.54, 1.807) is 6.92 Å². The van der Waals surface area contributed by atoms with Crippen molar-refractivity contribution in [3.8, 4) is 0 Å². The summed E-state index contributed by atoms with van der Waals surface area (Å²) >= 11 is 0. The molecular formula is C21H28N2O2. The first-order valence-electron chi connectivity index (χ1n) is 8.64. The van der Waals surface area contributed by atoms with Crippen LogP contribution in [0.25, 0.3) is 0 Å². The number of nitrogens with one attached hydrogen (secondary N) is 1. The van der Waals surface area contributed by atoms with Crippen molar-refractivity contribution >= 4 is 17.3 Å². The fourth-order valence-electron chi connectivity index (χ4n) is 2.65. The van der Waals surface area contributed by atoms with Crippen LogP contribution < -0.4 is 10.2 Å². The van der Waals surface area contributed by atoms with Gasteiger partial charge < -0.3 is 15.3 Å². The Hall–Kier alpha value is -2.33. The van der Waals surface area contributed by atoms with Gasteiger partial charge in [-0.05, 0) is 42.2 Å². The highest BCUT2D eigenvalue weighted by Gasteiger charge is 2.15. The number of aliphatic hydroxyl groups excluding tert-OH is 1. The van der Waals surface area contributed by atoms with E-state index in [4.69, 9.17) is 0 Å². The molecule has 0 aromatic heterocycles. The molecule has 0 fully saturated rings. The number of carbonyl (C=O) groups excluding carboxylic acids is 1. The first kappa shape index (κ1) is 19.0. The number of nitrogens with zero attached hydrogens (tertiary/aromatic N) is 1. The molecule has 2 aromatic carbocycles. The van der Waals surface area contributed by atoms with Crippen molar-refractivity contribution in [3.63, 3.8) is 0 Å². The molecular weight excluding hydrogens is 312 g/mol. The second-order valence-electron chi connectivity index (χ2n) is 7.44. The van der Waals surface area contributed by atoms with Gasteiger partial charge >= 0.3 is 0 Å². The predicted molar refractivity (Wildman–Crippen MR) is 104 cm³/mol. The van der Waals surface area contributed by atoms with Crippen LogP contribution >= 0.6 is 0 Å². The fraction of sp³-hybridized carbons (Fsp3) is 0.381. The summed E-state index contributed by atoms with van der Waals surface area (Å²) in [6.45, 7) is 8.80. The molecule has 2 rings (SSSR count). The average Bonchev–Trinajstić information content (AvgIpc) is 2.54. The zero-order valence-electron chi connectivity index (χ0n) is 15.5. The van der Waals surface area contributed by atoms with Gasteiger partial charge in [0.2, 0.25) is 5.91 Å². The topological polar surface area (TPSA) is 52.6 Å². The molecule has 0 aliphatic rings. The van der Waals surface area contributed by atoms with Gasteiger partial charge in [-0.25, -0.2) is 0 Å². The Labute approximate surface area is 150 Å². The summed E-state index contributed by atoms with van der Waals surface area (Å²) in [5.41, 5.74) is 3.01. The molecule has 0 aliphatic heterocycles. The molecule has 0 bridgehead atoms. The summed E-state index contributed by atoms with van der Waals surface area (Å²) in [6, 6.07) is 17.6. The van der Waals surface area contributed by atoms with Crippen LogP contribution in [0.1, 0.15) is 33.3 Å². The van der Waals surface area contributed by atoms with Crippen LogP contribution in [0.5, 0.6) is 0 Å². The molecule has 1 amide bonds. The van der Waals surface area contributed by atoms with Gasteiger partial charge in [-0.2, -0.15) is 0 Å². The maximum Gasteiger partial charge on any atom is 0.243 e. The van der Waals surface area contributed by atoms with Crippen LogP contribution in [-0.4, -0.2) is 30.2 Å². The van der Waals surface area contributed by atoms with Gasteiger partial charge in [0.15, 0.2) is 0 Å². The first-order chi connectivity index (χ1) is 11.8. The molecule has 0 radical (unpaired) electrons. The van der Waals surface area contributed by atoms with Crippen LogP contribution in [0.2, 0.25) is 0 Å². The van der Waals surface area contributed by atoms with E-state index >= 15 is 0 Å². The fourth-order valence-corrected chi connectivity index (χ4v) is 2.65. The molecule has 134 valence electrons. The SMILES string of the molecule is CC(O)CN(CC(=O)Nc1ccc(C(C)(C)C)cc1)c1ccccc1. The number of hydrogen-bond donors (Lipinski definition) is 2. The van der Waals surface area contributed by atoms with Crippen LogP contribution in [-0.2, 0) is 10.2 Å². The Balaban J connectivity index is 2.03. The molecule has 4 nitrogen and oxygen atoms in total. The van der Waals surface area contributed by atoms with E-state index in [9.17, 15) is 9.90 Å². The number of hydrogen-bond acceptors (Lipinski definition) is 3. The maximum absolute atomic E-state index is 12.4. The molecule has 1 unspecified atom stereocenters. The third-order valence-electron chi connectivity index (χ3n) is 3.98. The van der Waals surface area contributed by atoms with Gasteiger partial charge in [0.1, 0.15) is 0 Å². The standard InChI is InChI=1S/C21H28N2O2/c1-16(24)14-23(19-8-6-5-7-9-19)15-20(25)22-18-12-10-17(11-13-18)21(2,3)4/h5-13,16,24H,14-15H2,1-4H3,(H,22,25). The van der Waals surface area contributed by atoms with Crippen molar-refractivity contribution in [1.82, 2.24) is 0 Å². The monoisotopic (exact) mass is 340 g/mol. The molecule has 2 aromatic rings. The Morgan fingerprint density at radius 3 is 2.20 bits per heavy atom. The summed E-state index contributed by atoms with van der Waals surface area (Å²) in [5.74, 6) is -0.104. The Morgan fingerprint density at radius 1 is 1.08 bits per heavy atom. The quantitative estimate of drug-likeness (QED) is 0.841. The first-order valence-corrected chi connectivity index (χ1v) is 8.64. The number of amides is 1. The number of anilines is 2. The predicted octanol–water partition coefficient (Wildman–Crippen LogP) is 3.81. The normalized spacial score (nSPS) is 12.5. The highest BCUT2D eigenvalue weighted by molar-refractivity contribution is 5.94. The van der Waals surface area contributed by atoms with E-state index in [0.29, 0.717) is 6.54 Å². The van der Waals surface area contributed by atoms with Crippen molar-refractivity contribution in [2.75, 3.05) is 23.3 Å². The lowest BCUT2D eigenvalue weighted by atomic mass is 9.87. The molecule has 0 aliphatic carbocycles. The number of aliphatic hydroxyl groups is 1. The minimum absolute atomic E-state index is 0.0872. The Kier molecular flexibility index (Phi) is 6.21. The van der Waals surface area contributed by atoms with Gasteiger partial charge in [-0.3, -0.25) is 4.79 Å². The minimum Gasteiger partial charge on any atom is -0.392 e. The van der Waals surface area contributed by atoms with Crippen molar-refractivity contribution in [2.45, 2.75) is 39.2 Å². The minimum atomic E-state index is -0.515. The smallest absolute Gasteiger partial charge is 0.243 e. The third kappa shape index (κ3) is 5.91. The molecule has 0 spiro atoms. The molecule has 4 heteroatoms. The summed E-state index contributed by atoms with van der Waals surface area (Å²) in [6.07, 6.45) is -0.515. The highest BCUT2D eigenvalue weighted by Crippen LogP contribution is 2.23. The Bertz CT molecular complexity index is 673. The van der Waals surface area contributed by atoms with Crippen molar-refractivity contribution in [3.05, 3.63) is 60.2 Å². The summed E-state index contributed by atoms with van der Waals surface area (Å²) < 4.78 is 0. The van der Waals surface area contributed by atoms with E-state index in [1.807, 2.05) is 59.5 Å². The van der Waals surface area contributed by atoms with Crippen molar-refractivity contribution in [2.24, 2.45) is 0 Å². The van der Waals surface area contributed by atoms with Gasteiger partial charge in [-0.1, -0.05) is 51.1 Å². The second kappa shape index (κ2) is 8.17. The van der Waals surface area contributed by atoms with Crippen LogP contribution in [0.15, 0.2) is 54.6 Å². The number of para-hydroxylation sites is 1. The van der Waals surface area contributed by atoms with Crippen LogP contribution in [0, 0.1) is 0 Å². The van der Waals surface area contributed by atoms with Crippen LogP contribution in [0.3, 0.4) is 0 Å². The van der Waals surface area contributed by atoms with E-state index < -0.39 is 6.10 Å². The number of rotatable bonds is 6. The average molecular weight is 340 g/mol. The lowest BCUT2D eigenvalue weighted by Gasteiger charge is -2.25. The van der Waals surface area contributed by atoms with Gasteiger partial charge in [0, 0.05) is 17.9 Å². The Morgan fingerprint density at radius 2 is 1.68 bits per heavy atom. The second-order valence-corrected chi connectivity index (χ2v) is 7.44. The summed E-state index contributed by atoms with van der Waals surface area (Å²) in [5, 5.41) is 12.7. The summed E-state index contributed by atoms with van der Waals surface area (Å²) in [4.78, 5) is 14.3. The van der Waals surface area contributed by atoms with E-state index in [0.717, 1.165) is 11.4 Å². The van der Waals surface area contributed by atoms with E-state index in [1.165, 1.54) is 5.56 Å². The molecule has 0 saturated carbocycles. The summed E-state index contributed by atoms with van der Waals surface area (Å²) in [7, 11) is 0. The van der Waals surface area contributed by atoms with Crippen molar-refractivity contribution < 1.29 is 9.90 Å². The molecule has 0 saturated heterocycles. The largest absolute Gasteiger partial charge is 0.392 e. The molecule has 1 atom stereocenters.